The van der Waals surface area contributed by atoms with E-state index in [0.29, 0.717) is 19.6 Å². The summed E-state index contributed by atoms with van der Waals surface area (Å²) in [4.78, 5) is 17.1. The molecule has 34 heavy (non-hydrogen) atoms. The normalized spacial score (nSPS) is 11.2. The van der Waals surface area contributed by atoms with Gasteiger partial charge in [0.1, 0.15) is 11.5 Å². The Labute approximate surface area is 201 Å². The molecule has 182 valence electrons. The van der Waals surface area contributed by atoms with E-state index in [1.165, 1.54) is 6.07 Å². The van der Waals surface area contributed by atoms with Crippen LogP contribution in [0.3, 0.4) is 0 Å². The fourth-order valence-corrected chi connectivity index (χ4v) is 3.96. The molecule has 0 bridgehead atoms. The van der Waals surface area contributed by atoms with E-state index in [1.807, 2.05) is 54.3 Å². The Balaban J connectivity index is 1.73. The standard InChI is InChI=1S/C28H34F2N2O2/c1-3-4-8-17-31(19-24-12-9-13-26(29)28(24)30)21-27(33)32(20-25-15-14-22(2)34-25)18-16-23-10-6-5-7-11-23/h5-7,9-15H,3-4,8,16-21H2,1-2H3. The third kappa shape index (κ3) is 7.80. The van der Waals surface area contributed by atoms with Gasteiger partial charge in [0.25, 0.3) is 0 Å². The van der Waals surface area contributed by atoms with Crippen molar-refractivity contribution in [2.45, 2.75) is 52.6 Å². The molecule has 0 aliphatic carbocycles. The fraction of sp³-hybridized carbons (Fsp3) is 0.393. The third-order valence-electron chi connectivity index (χ3n) is 5.87. The van der Waals surface area contributed by atoms with Gasteiger partial charge in [-0.05, 0) is 50.1 Å². The number of aryl methyl sites for hydroxylation is 1. The largest absolute Gasteiger partial charge is 0.464 e. The van der Waals surface area contributed by atoms with Crippen LogP contribution in [0.5, 0.6) is 0 Å². The highest BCUT2D eigenvalue weighted by Gasteiger charge is 2.21. The van der Waals surface area contributed by atoms with Crippen molar-refractivity contribution in [3.05, 3.63) is 94.9 Å². The minimum Gasteiger partial charge on any atom is -0.464 e. The highest BCUT2D eigenvalue weighted by Crippen LogP contribution is 2.16. The topological polar surface area (TPSA) is 36.7 Å². The van der Waals surface area contributed by atoms with Crippen molar-refractivity contribution in [1.82, 2.24) is 9.80 Å². The molecule has 0 N–H and O–H groups in total. The number of hydrogen-bond acceptors (Lipinski definition) is 3. The summed E-state index contributed by atoms with van der Waals surface area (Å²) >= 11 is 0. The number of hydrogen-bond donors (Lipinski definition) is 0. The maximum atomic E-state index is 14.3. The number of carbonyl (C=O) groups is 1. The molecule has 0 radical (unpaired) electrons. The lowest BCUT2D eigenvalue weighted by Gasteiger charge is -2.27. The predicted octanol–water partition coefficient (Wildman–Crippen LogP) is 6.13. The molecule has 0 aliphatic heterocycles. The maximum Gasteiger partial charge on any atom is 0.237 e. The summed E-state index contributed by atoms with van der Waals surface area (Å²) in [5, 5.41) is 0. The number of benzene rings is 2. The van der Waals surface area contributed by atoms with Crippen molar-refractivity contribution in [3.8, 4) is 0 Å². The van der Waals surface area contributed by atoms with Crippen molar-refractivity contribution in [2.75, 3.05) is 19.6 Å². The molecule has 4 nitrogen and oxygen atoms in total. The molecule has 0 saturated carbocycles. The molecule has 3 rings (SSSR count). The quantitative estimate of drug-likeness (QED) is 0.283. The second-order valence-corrected chi connectivity index (χ2v) is 8.69. The van der Waals surface area contributed by atoms with Crippen LogP contribution >= 0.6 is 0 Å². The van der Waals surface area contributed by atoms with E-state index >= 15 is 0 Å². The molecule has 0 atom stereocenters. The van der Waals surface area contributed by atoms with Gasteiger partial charge in [-0.1, -0.05) is 62.2 Å². The van der Waals surface area contributed by atoms with Gasteiger partial charge < -0.3 is 9.32 Å². The first-order valence-corrected chi connectivity index (χ1v) is 12.0. The van der Waals surface area contributed by atoms with Crippen molar-refractivity contribution >= 4 is 5.91 Å². The van der Waals surface area contributed by atoms with Crippen LogP contribution < -0.4 is 0 Å². The molecule has 2 aromatic carbocycles. The molecular formula is C28H34F2N2O2. The number of unbranched alkanes of at least 4 members (excludes halogenated alkanes) is 2. The van der Waals surface area contributed by atoms with Crippen molar-refractivity contribution in [3.63, 3.8) is 0 Å². The summed E-state index contributed by atoms with van der Waals surface area (Å²) in [6.07, 6.45) is 3.67. The van der Waals surface area contributed by atoms with Gasteiger partial charge in [0.2, 0.25) is 5.91 Å². The van der Waals surface area contributed by atoms with Gasteiger partial charge in [-0.15, -0.1) is 0 Å². The smallest absolute Gasteiger partial charge is 0.237 e. The van der Waals surface area contributed by atoms with E-state index in [4.69, 9.17) is 4.42 Å². The first-order chi connectivity index (χ1) is 16.5. The van der Waals surface area contributed by atoms with Crippen LogP contribution in [0, 0.1) is 18.6 Å². The number of furan rings is 1. The van der Waals surface area contributed by atoms with Gasteiger partial charge in [-0.2, -0.15) is 0 Å². The van der Waals surface area contributed by atoms with Crippen LogP contribution in [-0.2, 0) is 24.3 Å². The Morgan fingerprint density at radius 1 is 0.912 bits per heavy atom. The minimum atomic E-state index is -0.866. The van der Waals surface area contributed by atoms with Crippen molar-refractivity contribution in [1.29, 1.82) is 0 Å². The van der Waals surface area contributed by atoms with Gasteiger partial charge in [0.15, 0.2) is 11.6 Å². The Hall–Kier alpha value is -2.99. The van der Waals surface area contributed by atoms with Gasteiger partial charge in [0.05, 0.1) is 13.1 Å². The van der Waals surface area contributed by atoms with Crippen molar-refractivity contribution in [2.24, 2.45) is 0 Å². The summed E-state index contributed by atoms with van der Waals surface area (Å²) in [6.45, 7) is 5.86. The van der Waals surface area contributed by atoms with E-state index in [2.05, 4.69) is 6.92 Å². The van der Waals surface area contributed by atoms with E-state index in [-0.39, 0.29) is 24.6 Å². The minimum absolute atomic E-state index is 0.0571. The maximum absolute atomic E-state index is 14.3. The number of carbonyl (C=O) groups excluding carboxylic acids is 1. The first kappa shape index (κ1) is 25.6. The Bertz CT molecular complexity index is 1040. The number of halogens is 2. The Morgan fingerprint density at radius 2 is 1.71 bits per heavy atom. The van der Waals surface area contributed by atoms with Gasteiger partial charge in [0, 0.05) is 18.7 Å². The number of amides is 1. The van der Waals surface area contributed by atoms with Crippen LogP contribution in [0.4, 0.5) is 8.78 Å². The molecule has 0 spiro atoms. The summed E-state index contributed by atoms with van der Waals surface area (Å²) in [6, 6.07) is 18.0. The molecule has 1 amide bonds. The average molecular weight is 469 g/mol. The lowest BCUT2D eigenvalue weighted by molar-refractivity contribution is -0.133. The summed E-state index contributed by atoms with van der Waals surface area (Å²) in [5.41, 5.74) is 1.42. The molecule has 1 aromatic heterocycles. The predicted molar refractivity (Wildman–Crippen MR) is 130 cm³/mol. The lowest BCUT2D eigenvalue weighted by Crippen LogP contribution is -2.41. The van der Waals surface area contributed by atoms with Gasteiger partial charge in [-0.25, -0.2) is 8.78 Å². The second kappa shape index (κ2) is 13.0. The second-order valence-electron chi connectivity index (χ2n) is 8.69. The van der Waals surface area contributed by atoms with Crippen LogP contribution in [0.2, 0.25) is 0 Å². The highest BCUT2D eigenvalue weighted by molar-refractivity contribution is 5.78. The van der Waals surface area contributed by atoms with Crippen LogP contribution in [0.15, 0.2) is 65.1 Å². The van der Waals surface area contributed by atoms with Gasteiger partial charge >= 0.3 is 0 Å². The van der Waals surface area contributed by atoms with E-state index in [9.17, 15) is 13.6 Å². The number of nitrogens with zero attached hydrogens (tertiary/aromatic N) is 2. The van der Waals surface area contributed by atoms with E-state index in [0.717, 1.165) is 48.8 Å². The summed E-state index contributed by atoms with van der Waals surface area (Å²) in [7, 11) is 0. The number of rotatable bonds is 13. The molecule has 0 unspecified atom stereocenters. The highest BCUT2D eigenvalue weighted by atomic mass is 19.2. The van der Waals surface area contributed by atoms with E-state index in [1.54, 1.807) is 11.0 Å². The van der Waals surface area contributed by atoms with Crippen LogP contribution in [0.25, 0.3) is 0 Å². The zero-order chi connectivity index (χ0) is 24.3. The van der Waals surface area contributed by atoms with E-state index < -0.39 is 11.6 Å². The average Bonchev–Trinajstić information content (AvgIpc) is 3.25. The summed E-state index contributed by atoms with van der Waals surface area (Å²) in [5.74, 6) is -0.239. The molecule has 0 saturated heterocycles. The SMILES string of the molecule is CCCCCN(CC(=O)N(CCc1ccccc1)Cc1ccc(C)o1)Cc1cccc(F)c1F. The third-order valence-corrected chi connectivity index (χ3v) is 5.87. The molecule has 0 aliphatic rings. The molecular weight excluding hydrogens is 434 g/mol. The summed E-state index contributed by atoms with van der Waals surface area (Å²) < 4.78 is 33.8. The monoisotopic (exact) mass is 468 g/mol. The zero-order valence-electron chi connectivity index (χ0n) is 20.1. The lowest BCUT2D eigenvalue weighted by atomic mass is 10.1. The molecule has 6 heteroatoms. The fourth-order valence-electron chi connectivity index (χ4n) is 3.96. The van der Waals surface area contributed by atoms with Crippen LogP contribution in [-0.4, -0.2) is 35.3 Å². The Kier molecular flexibility index (Phi) is 9.83. The zero-order valence-corrected chi connectivity index (χ0v) is 20.1. The molecule has 3 aromatic rings. The van der Waals surface area contributed by atoms with Gasteiger partial charge in [-0.3, -0.25) is 9.69 Å². The van der Waals surface area contributed by atoms with Crippen LogP contribution in [0.1, 0.15) is 48.8 Å². The van der Waals surface area contributed by atoms with Crippen molar-refractivity contribution < 1.29 is 18.0 Å². The first-order valence-electron chi connectivity index (χ1n) is 12.0. The molecule has 0 fully saturated rings. The Morgan fingerprint density at radius 3 is 2.41 bits per heavy atom. The molecule has 1 heterocycles.